The van der Waals surface area contributed by atoms with Gasteiger partial charge in [-0.25, -0.2) is 4.39 Å². The summed E-state index contributed by atoms with van der Waals surface area (Å²) in [5.41, 5.74) is 1.38. The largest absolute Gasteiger partial charge is 0.486 e. The summed E-state index contributed by atoms with van der Waals surface area (Å²) in [4.78, 5) is 0. The smallest absolute Gasteiger partial charge is 0.165 e. The van der Waals surface area contributed by atoms with Crippen LogP contribution in [0.5, 0.6) is 5.75 Å². The molecule has 2 rings (SSSR count). The number of benzene rings is 2. The minimum Gasteiger partial charge on any atom is -0.486 e. The highest BCUT2D eigenvalue weighted by molar-refractivity contribution is 6.31. The number of hydrazone groups is 1. The lowest BCUT2D eigenvalue weighted by atomic mass is 10.2. The van der Waals surface area contributed by atoms with Crippen molar-refractivity contribution in [3.63, 3.8) is 0 Å². The number of halogens is 2. The molecule has 0 saturated heterocycles. The van der Waals surface area contributed by atoms with E-state index < -0.39 is 5.82 Å². The average molecular weight is 279 g/mol. The summed E-state index contributed by atoms with van der Waals surface area (Å²) in [6.45, 7) is 0.209. The van der Waals surface area contributed by atoms with Crippen LogP contribution in [-0.2, 0) is 6.61 Å². The second-order valence-corrected chi connectivity index (χ2v) is 4.26. The first-order valence-corrected chi connectivity index (χ1v) is 5.97. The zero-order chi connectivity index (χ0) is 13.7. The van der Waals surface area contributed by atoms with Crippen LogP contribution >= 0.6 is 11.6 Å². The fourth-order valence-electron chi connectivity index (χ4n) is 1.57. The molecule has 0 aliphatic rings. The van der Waals surface area contributed by atoms with Crippen molar-refractivity contribution in [2.75, 3.05) is 0 Å². The summed E-state index contributed by atoms with van der Waals surface area (Å²) in [6.07, 6.45) is 1.36. The summed E-state index contributed by atoms with van der Waals surface area (Å²) in [7, 11) is 0. The van der Waals surface area contributed by atoms with E-state index in [4.69, 9.17) is 22.2 Å². The molecule has 0 spiro atoms. The highest BCUT2D eigenvalue weighted by Gasteiger charge is 2.06. The lowest BCUT2D eigenvalue weighted by Crippen LogP contribution is -1.99. The van der Waals surface area contributed by atoms with Gasteiger partial charge < -0.3 is 10.6 Å². The normalized spacial score (nSPS) is 10.8. The predicted octanol–water partition coefficient (Wildman–Crippen LogP) is 3.35. The molecule has 0 fully saturated rings. The Morgan fingerprint density at radius 2 is 2.05 bits per heavy atom. The van der Waals surface area contributed by atoms with Gasteiger partial charge in [-0.2, -0.15) is 5.10 Å². The Labute approximate surface area is 115 Å². The molecule has 3 nitrogen and oxygen atoms in total. The van der Waals surface area contributed by atoms with Crippen LogP contribution < -0.4 is 10.6 Å². The van der Waals surface area contributed by atoms with Crippen LogP contribution in [0, 0.1) is 5.82 Å². The van der Waals surface area contributed by atoms with Crippen LogP contribution in [0.4, 0.5) is 4.39 Å². The second kappa shape index (κ2) is 6.20. The van der Waals surface area contributed by atoms with Crippen molar-refractivity contribution in [2.24, 2.45) is 10.9 Å². The van der Waals surface area contributed by atoms with E-state index in [0.717, 1.165) is 5.56 Å². The van der Waals surface area contributed by atoms with Gasteiger partial charge in [-0.3, -0.25) is 0 Å². The Morgan fingerprint density at radius 3 is 2.74 bits per heavy atom. The number of nitrogens with zero attached hydrogens (tertiary/aromatic N) is 1. The molecule has 0 unspecified atom stereocenters. The molecule has 0 heterocycles. The van der Waals surface area contributed by atoms with E-state index in [-0.39, 0.29) is 12.4 Å². The summed E-state index contributed by atoms with van der Waals surface area (Å²) < 4.78 is 19.1. The lowest BCUT2D eigenvalue weighted by Gasteiger charge is -2.08. The van der Waals surface area contributed by atoms with Gasteiger partial charge in [0.25, 0.3) is 0 Å². The maximum Gasteiger partial charge on any atom is 0.165 e. The molecular formula is C14H12ClFN2O. The highest BCUT2D eigenvalue weighted by atomic mass is 35.5. The van der Waals surface area contributed by atoms with Crippen LogP contribution in [0.3, 0.4) is 0 Å². The van der Waals surface area contributed by atoms with E-state index in [0.29, 0.717) is 10.6 Å². The first-order valence-electron chi connectivity index (χ1n) is 5.59. The van der Waals surface area contributed by atoms with Gasteiger partial charge >= 0.3 is 0 Å². The molecule has 0 radical (unpaired) electrons. The third-order valence-corrected chi connectivity index (χ3v) is 2.89. The minimum absolute atomic E-state index is 0.161. The standard InChI is InChI=1S/C14H12ClFN2O/c15-12-4-2-1-3-11(12)9-19-14-6-5-10(8-18-17)7-13(14)16/h1-8H,9,17H2. The Balaban J connectivity index is 2.10. The molecule has 0 aliphatic heterocycles. The first kappa shape index (κ1) is 13.4. The van der Waals surface area contributed by atoms with Crippen LogP contribution in [-0.4, -0.2) is 6.21 Å². The number of hydrogen-bond acceptors (Lipinski definition) is 3. The minimum atomic E-state index is -0.468. The van der Waals surface area contributed by atoms with E-state index in [1.54, 1.807) is 12.1 Å². The number of ether oxygens (including phenoxy) is 1. The van der Waals surface area contributed by atoms with E-state index in [1.807, 2.05) is 18.2 Å². The molecule has 0 aliphatic carbocycles. The Morgan fingerprint density at radius 1 is 1.26 bits per heavy atom. The van der Waals surface area contributed by atoms with Crippen molar-refractivity contribution in [1.29, 1.82) is 0 Å². The molecule has 19 heavy (non-hydrogen) atoms. The zero-order valence-corrected chi connectivity index (χ0v) is 10.8. The van der Waals surface area contributed by atoms with Gasteiger partial charge in [-0.15, -0.1) is 0 Å². The molecule has 5 heteroatoms. The molecule has 2 N–H and O–H groups in total. The number of nitrogens with two attached hydrogens (primary N) is 1. The number of hydrogen-bond donors (Lipinski definition) is 1. The quantitative estimate of drug-likeness (QED) is 0.530. The molecule has 0 aromatic heterocycles. The molecule has 2 aromatic rings. The maximum atomic E-state index is 13.7. The Hall–Kier alpha value is -2.07. The van der Waals surface area contributed by atoms with Crippen molar-refractivity contribution >= 4 is 17.8 Å². The predicted molar refractivity (Wildman–Crippen MR) is 74.0 cm³/mol. The van der Waals surface area contributed by atoms with Gasteiger partial charge in [-0.05, 0) is 29.8 Å². The molecule has 0 amide bonds. The summed E-state index contributed by atoms with van der Waals surface area (Å²) in [6, 6.07) is 11.8. The lowest BCUT2D eigenvalue weighted by molar-refractivity contribution is 0.290. The Bertz CT molecular complexity index is 602. The second-order valence-electron chi connectivity index (χ2n) is 3.85. The first-order chi connectivity index (χ1) is 9.20. The van der Waals surface area contributed by atoms with Crippen molar-refractivity contribution in [2.45, 2.75) is 6.61 Å². The molecular weight excluding hydrogens is 267 g/mol. The third-order valence-electron chi connectivity index (χ3n) is 2.52. The van der Waals surface area contributed by atoms with Crippen LogP contribution in [0.1, 0.15) is 11.1 Å². The number of rotatable bonds is 4. The molecule has 0 saturated carbocycles. The van der Waals surface area contributed by atoms with Crippen LogP contribution in [0.15, 0.2) is 47.6 Å². The van der Waals surface area contributed by atoms with Gasteiger partial charge in [0.15, 0.2) is 11.6 Å². The van der Waals surface area contributed by atoms with Gasteiger partial charge in [0, 0.05) is 10.6 Å². The Kier molecular flexibility index (Phi) is 4.36. The summed E-state index contributed by atoms with van der Waals surface area (Å²) >= 11 is 5.99. The van der Waals surface area contributed by atoms with Gasteiger partial charge in [-0.1, -0.05) is 29.8 Å². The molecule has 2 aromatic carbocycles. The summed E-state index contributed by atoms with van der Waals surface area (Å²) in [5, 5.41) is 3.92. The van der Waals surface area contributed by atoms with E-state index in [2.05, 4.69) is 5.10 Å². The summed E-state index contributed by atoms with van der Waals surface area (Å²) in [5.74, 6) is 4.69. The average Bonchev–Trinajstić information content (AvgIpc) is 2.40. The van der Waals surface area contributed by atoms with E-state index >= 15 is 0 Å². The van der Waals surface area contributed by atoms with Crippen molar-refractivity contribution in [3.05, 3.63) is 64.4 Å². The van der Waals surface area contributed by atoms with Crippen molar-refractivity contribution in [3.8, 4) is 5.75 Å². The van der Waals surface area contributed by atoms with E-state index in [9.17, 15) is 4.39 Å². The zero-order valence-electron chi connectivity index (χ0n) is 10.0. The topological polar surface area (TPSA) is 47.6 Å². The van der Waals surface area contributed by atoms with Gasteiger partial charge in [0.1, 0.15) is 6.61 Å². The van der Waals surface area contributed by atoms with E-state index in [1.165, 1.54) is 18.3 Å². The molecule has 0 bridgehead atoms. The van der Waals surface area contributed by atoms with Gasteiger partial charge in [0.05, 0.1) is 6.21 Å². The van der Waals surface area contributed by atoms with Crippen LogP contribution in [0.25, 0.3) is 0 Å². The van der Waals surface area contributed by atoms with Crippen molar-refractivity contribution in [1.82, 2.24) is 0 Å². The van der Waals surface area contributed by atoms with Crippen LogP contribution in [0.2, 0.25) is 5.02 Å². The fourth-order valence-corrected chi connectivity index (χ4v) is 1.76. The van der Waals surface area contributed by atoms with Gasteiger partial charge in [0.2, 0.25) is 0 Å². The monoisotopic (exact) mass is 278 g/mol. The maximum absolute atomic E-state index is 13.7. The fraction of sp³-hybridized carbons (Fsp3) is 0.0714. The highest BCUT2D eigenvalue weighted by Crippen LogP contribution is 2.21. The third kappa shape index (κ3) is 3.45. The molecule has 0 atom stereocenters. The molecule has 98 valence electrons. The van der Waals surface area contributed by atoms with Crippen molar-refractivity contribution < 1.29 is 9.13 Å². The SMILES string of the molecule is NN=Cc1ccc(OCc2ccccc2Cl)c(F)c1.